The summed E-state index contributed by atoms with van der Waals surface area (Å²) < 4.78 is 42.9. The summed E-state index contributed by atoms with van der Waals surface area (Å²) >= 11 is 0. The molecule has 0 aliphatic rings. The van der Waals surface area contributed by atoms with Gasteiger partial charge in [-0.2, -0.15) is 13.2 Å². The predicted molar refractivity (Wildman–Crippen MR) is 61.8 cm³/mol. The first-order chi connectivity index (χ1) is 8.40. The van der Waals surface area contributed by atoms with E-state index in [9.17, 15) is 18.0 Å². The Morgan fingerprint density at radius 2 is 2.11 bits per heavy atom. The molecule has 1 aromatic rings. The van der Waals surface area contributed by atoms with Gasteiger partial charge < -0.3 is 4.74 Å². The minimum Gasteiger partial charge on any atom is -0.493 e. The fraction of sp³-hybridized carbons (Fsp3) is 0.308. The van der Waals surface area contributed by atoms with E-state index in [2.05, 4.69) is 6.58 Å². The molecule has 0 radical (unpaired) electrons. The van der Waals surface area contributed by atoms with Gasteiger partial charge in [0.2, 0.25) is 0 Å². The summed E-state index contributed by atoms with van der Waals surface area (Å²) in [6.45, 7) is 5.46. The Morgan fingerprint density at radius 3 is 2.61 bits per heavy atom. The quantitative estimate of drug-likeness (QED) is 0.592. The number of carbonyl (C=O) groups excluding carboxylic acids is 1. The lowest BCUT2D eigenvalue weighted by atomic mass is 10.1. The molecule has 0 saturated carbocycles. The van der Waals surface area contributed by atoms with Crippen LogP contribution in [0, 0.1) is 0 Å². The Hall–Kier alpha value is -1.78. The lowest BCUT2D eigenvalue weighted by Gasteiger charge is -2.12. The number of hydrogen-bond acceptors (Lipinski definition) is 2. The van der Waals surface area contributed by atoms with E-state index in [1.54, 1.807) is 0 Å². The average molecular weight is 258 g/mol. The highest BCUT2D eigenvalue weighted by Crippen LogP contribution is 2.32. The fourth-order valence-corrected chi connectivity index (χ4v) is 1.35. The van der Waals surface area contributed by atoms with Gasteiger partial charge in [-0.15, -0.1) is 0 Å². The minimum atomic E-state index is -4.49. The van der Waals surface area contributed by atoms with Gasteiger partial charge in [0, 0.05) is 0 Å². The Labute approximate surface area is 103 Å². The Kier molecular flexibility index (Phi) is 4.53. The van der Waals surface area contributed by atoms with E-state index in [0.717, 1.165) is 24.3 Å². The van der Waals surface area contributed by atoms with Crippen LogP contribution in [-0.4, -0.2) is 12.4 Å². The molecule has 18 heavy (non-hydrogen) atoms. The number of benzene rings is 1. The van der Waals surface area contributed by atoms with E-state index in [1.165, 1.54) is 0 Å². The van der Waals surface area contributed by atoms with Crippen molar-refractivity contribution in [1.29, 1.82) is 0 Å². The van der Waals surface area contributed by atoms with Crippen LogP contribution in [0.1, 0.15) is 29.3 Å². The molecule has 0 heterocycles. The summed E-state index contributed by atoms with van der Waals surface area (Å²) in [4.78, 5) is 11.5. The fourth-order valence-electron chi connectivity index (χ4n) is 1.35. The van der Waals surface area contributed by atoms with E-state index in [1.807, 2.05) is 6.92 Å². The highest BCUT2D eigenvalue weighted by atomic mass is 19.4. The van der Waals surface area contributed by atoms with E-state index in [-0.39, 0.29) is 11.3 Å². The lowest BCUT2D eigenvalue weighted by Crippen LogP contribution is -2.09. The molecule has 98 valence electrons. The largest absolute Gasteiger partial charge is 0.493 e. The van der Waals surface area contributed by atoms with Gasteiger partial charge in [0.25, 0.3) is 0 Å². The van der Waals surface area contributed by atoms with Gasteiger partial charge in [-0.05, 0) is 30.7 Å². The first kappa shape index (κ1) is 14.3. The van der Waals surface area contributed by atoms with Gasteiger partial charge in [0.05, 0.1) is 17.7 Å². The van der Waals surface area contributed by atoms with Crippen molar-refractivity contribution in [3.8, 4) is 5.75 Å². The van der Waals surface area contributed by atoms with Crippen molar-refractivity contribution in [2.75, 3.05) is 6.61 Å². The number of alkyl halides is 3. The maximum atomic E-state index is 12.5. The molecule has 0 spiro atoms. The van der Waals surface area contributed by atoms with Crippen LogP contribution in [0.5, 0.6) is 5.75 Å². The van der Waals surface area contributed by atoms with Crippen molar-refractivity contribution in [1.82, 2.24) is 0 Å². The zero-order chi connectivity index (χ0) is 13.8. The summed E-state index contributed by atoms with van der Waals surface area (Å²) in [7, 11) is 0. The van der Waals surface area contributed by atoms with Gasteiger partial charge in [-0.25, -0.2) is 0 Å². The second-order valence-corrected chi connectivity index (χ2v) is 3.63. The van der Waals surface area contributed by atoms with E-state index in [4.69, 9.17) is 4.74 Å². The Morgan fingerprint density at radius 1 is 1.44 bits per heavy atom. The van der Waals surface area contributed by atoms with Crippen LogP contribution in [0.25, 0.3) is 0 Å². The zero-order valence-corrected chi connectivity index (χ0v) is 9.88. The summed E-state index contributed by atoms with van der Waals surface area (Å²) in [6.07, 6.45) is -2.82. The average Bonchev–Trinajstić information content (AvgIpc) is 2.34. The number of rotatable bonds is 5. The lowest BCUT2D eigenvalue weighted by molar-refractivity contribution is -0.137. The van der Waals surface area contributed by atoms with Crippen molar-refractivity contribution in [3.05, 3.63) is 42.0 Å². The zero-order valence-electron chi connectivity index (χ0n) is 9.88. The molecule has 5 heteroatoms. The van der Waals surface area contributed by atoms with Gasteiger partial charge in [0.1, 0.15) is 5.75 Å². The molecule has 0 bridgehead atoms. The predicted octanol–water partition coefficient (Wildman–Crippen LogP) is 3.86. The van der Waals surface area contributed by atoms with Crippen LogP contribution in [0.4, 0.5) is 13.2 Å². The summed E-state index contributed by atoms with van der Waals surface area (Å²) in [5, 5.41) is 0. The molecular weight excluding hydrogens is 245 g/mol. The monoisotopic (exact) mass is 258 g/mol. The highest BCUT2D eigenvalue weighted by molar-refractivity contribution is 6.06. The number of ketones is 1. The van der Waals surface area contributed by atoms with Gasteiger partial charge >= 0.3 is 6.18 Å². The highest BCUT2D eigenvalue weighted by Gasteiger charge is 2.31. The molecule has 1 aromatic carbocycles. The summed E-state index contributed by atoms with van der Waals surface area (Å²) in [5.41, 5.74) is -0.996. The molecule has 0 unspecified atom stereocenters. The van der Waals surface area contributed by atoms with Crippen LogP contribution in [0.3, 0.4) is 0 Å². The normalized spacial score (nSPS) is 11.1. The second kappa shape index (κ2) is 5.71. The third-order valence-corrected chi connectivity index (χ3v) is 2.22. The molecule has 0 N–H and O–H groups in total. The third-order valence-electron chi connectivity index (χ3n) is 2.22. The molecule has 1 rings (SSSR count). The van der Waals surface area contributed by atoms with Gasteiger partial charge in [-0.1, -0.05) is 13.5 Å². The summed E-state index contributed by atoms with van der Waals surface area (Å²) in [6, 6.07) is 2.84. The molecule has 0 atom stereocenters. The Balaban J connectivity index is 3.20. The second-order valence-electron chi connectivity index (χ2n) is 3.63. The van der Waals surface area contributed by atoms with E-state index in [0.29, 0.717) is 13.0 Å². The van der Waals surface area contributed by atoms with E-state index < -0.39 is 17.5 Å². The van der Waals surface area contributed by atoms with Crippen molar-refractivity contribution in [2.24, 2.45) is 0 Å². The van der Waals surface area contributed by atoms with E-state index >= 15 is 0 Å². The van der Waals surface area contributed by atoms with Crippen LogP contribution in [-0.2, 0) is 6.18 Å². The topological polar surface area (TPSA) is 26.3 Å². The minimum absolute atomic E-state index is 0.117. The number of allylic oxidation sites excluding steroid dienone is 1. The molecular formula is C13H13F3O2. The van der Waals surface area contributed by atoms with Crippen LogP contribution in [0.15, 0.2) is 30.9 Å². The van der Waals surface area contributed by atoms with Crippen molar-refractivity contribution >= 4 is 5.78 Å². The molecule has 0 aliphatic heterocycles. The van der Waals surface area contributed by atoms with Crippen LogP contribution >= 0.6 is 0 Å². The molecule has 0 aliphatic carbocycles. The maximum Gasteiger partial charge on any atom is 0.416 e. The number of hydrogen-bond donors (Lipinski definition) is 0. The van der Waals surface area contributed by atoms with Crippen molar-refractivity contribution in [3.63, 3.8) is 0 Å². The summed E-state index contributed by atoms with van der Waals surface area (Å²) in [5.74, 6) is -0.443. The molecule has 0 fully saturated rings. The van der Waals surface area contributed by atoms with Gasteiger partial charge in [0.15, 0.2) is 5.78 Å². The van der Waals surface area contributed by atoms with Crippen LogP contribution < -0.4 is 4.74 Å². The number of halogens is 3. The van der Waals surface area contributed by atoms with Crippen molar-refractivity contribution in [2.45, 2.75) is 19.5 Å². The first-order valence-electron chi connectivity index (χ1n) is 5.41. The Bertz CT molecular complexity index is 450. The molecule has 2 nitrogen and oxygen atoms in total. The maximum absolute atomic E-state index is 12.5. The number of carbonyl (C=O) groups is 1. The molecule has 0 aromatic heterocycles. The standard InChI is InChI=1S/C13H13F3O2/c1-3-7-18-12-6-5-9(13(14,15)16)8-10(12)11(17)4-2/h4-6,8H,2-3,7H2,1H3. The SMILES string of the molecule is C=CC(=O)c1cc(C(F)(F)F)ccc1OCCC. The van der Waals surface area contributed by atoms with Crippen molar-refractivity contribution < 1.29 is 22.7 Å². The first-order valence-corrected chi connectivity index (χ1v) is 5.41. The van der Waals surface area contributed by atoms with Gasteiger partial charge in [-0.3, -0.25) is 4.79 Å². The van der Waals surface area contributed by atoms with Crippen LogP contribution in [0.2, 0.25) is 0 Å². The molecule has 0 saturated heterocycles. The molecule has 0 amide bonds. The third kappa shape index (κ3) is 3.35. The smallest absolute Gasteiger partial charge is 0.416 e. The number of ether oxygens (including phenoxy) is 1.